The van der Waals surface area contributed by atoms with Crippen LogP contribution in [0, 0.1) is 0 Å². The lowest BCUT2D eigenvalue weighted by Gasteiger charge is -2.14. The minimum absolute atomic E-state index is 0.434. The molecule has 2 aromatic heterocycles. The number of halogens is 4. The molecule has 0 saturated heterocycles. The molecular formula is C18H10Cl4N4. The van der Waals surface area contributed by atoms with E-state index in [0.29, 0.717) is 42.9 Å². The van der Waals surface area contributed by atoms with Gasteiger partial charge in [-0.1, -0.05) is 58.5 Å². The normalized spacial score (nSPS) is 11.1. The third kappa shape index (κ3) is 2.89. The number of aromatic nitrogens is 4. The SMILES string of the molecule is Clc1cccc(-c2nccn2-n2ccnc2-c2cccc(Cl)c2Cl)c1Cl. The van der Waals surface area contributed by atoms with Gasteiger partial charge in [-0.25, -0.2) is 19.3 Å². The molecule has 0 aliphatic heterocycles. The third-order valence-corrected chi connectivity index (χ3v) is 5.50. The highest BCUT2D eigenvalue weighted by atomic mass is 35.5. The van der Waals surface area contributed by atoms with Crippen LogP contribution < -0.4 is 0 Å². The van der Waals surface area contributed by atoms with Crippen molar-refractivity contribution in [3.8, 4) is 22.8 Å². The number of hydrogen-bond acceptors (Lipinski definition) is 2. The lowest BCUT2D eigenvalue weighted by molar-refractivity contribution is 0.673. The Labute approximate surface area is 169 Å². The standard InChI is InChI=1S/C18H10Cl4N4/c19-13-5-1-3-11(15(13)21)17-23-7-9-25(17)26-10-8-24-18(26)12-4-2-6-14(20)16(12)22/h1-10H. The molecule has 4 nitrogen and oxygen atoms in total. The molecule has 0 fully saturated rings. The lowest BCUT2D eigenvalue weighted by Crippen LogP contribution is -2.11. The minimum atomic E-state index is 0.434. The number of hydrogen-bond donors (Lipinski definition) is 0. The van der Waals surface area contributed by atoms with Gasteiger partial charge in [-0.15, -0.1) is 0 Å². The van der Waals surface area contributed by atoms with E-state index in [9.17, 15) is 0 Å². The Morgan fingerprint density at radius 3 is 1.46 bits per heavy atom. The van der Waals surface area contributed by atoms with E-state index in [0.717, 1.165) is 0 Å². The van der Waals surface area contributed by atoms with E-state index in [-0.39, 0.29) is 0 Å². The summed E-state index contributed by atoms with van der Waals surface area (Å²) in [6, 6.07) is 10.8. The Bertz CT molecular complexity index is 1010. The van der Waals surface area contributed by atoms with Crippen LogP contribution in [0.25, 0.3) is 22.8 Å². The Balaban J connectivity index is 1.90. The van der Waals surface area contributed by atoms with E-state index in [2.05, 4.69) is 9.97 Å². The zero-order valence-electron chi connectivity index (χ0n) is 13.1. The molecule has 26 heavy (non-hydrogen) atoms. The largest absolute Gasteiger partial charge is 0.235 e. The lowest BCUT2D eigenvalue weighted by atomic mass is 10.2. The number of imidazole rings is 2. The van der Waals surface area contributed by atoms with Crippen molar-refractivity contribution in [2.24, 2.45) is 0 Å². The molecule has 8 heteroatoms. The van der Waals surface area contributed by atoms with Crippen LogP contribution in [0.3, 0.4) is 0 Å². The van der Waals surface area contributed by atoms with Crippen LogP contribution in [0.4, 0.5) is 0 Å². The fraction of sp³-hybridized carbons (Fsp3) is 0. The van der Waals surface area contributed by atoms with Gasteiger partial charge in [0.2, 0.25) is 0 Å². The number of nitrogens with zero attached hydrogens (tertiary/aromatic N) is 4. The summed E-state index contributed by atoms with van der Waals surface area (Å²) in [6.45, 7) is 0. The summed E-state index contributed by atoms with van der Waals surface area (Å²) in [7, 11) is 0. The van der Waals surface area contributed by atoms with Crippen molar-refractivity contribution in [1.29, 1.82) is 0 Å². The van der Waals surface area contributed by atoms with E-state index in [4.69, 9.17) is 46.4 Å². The maximum absolute atomic E-state index is 6.37. The summed E-state index contributed by atoms with van der Waals surface area (Å²) in [5.41, 5.74) is 1.42. The first-order chi connectivity index (χ1) is 12.6. The van der Waals surface area contributed by atoms with Gasteiger partial charge in [0.05, 0.1) is 20.1 Å². The van der Waals surface area contributed by atoms with Gasteiger partial charge < -0.3 is 0 Å². The molecule has 4 aromatic rings. The monoisotopic (exact) mass is 422 g/mol. The molecule has 4 rings (SSSR count). The fourth-order valence-corrected chi connectivity index (χ4v) is 3.45. The highest BCUT2D eigenvalue weighted by molar-refractivity contribution is 6.44. The molecule has 0 amide bonds. The van der Waals surface area contributed by atoms with Gasteiger partial charge in [-0.3, -0.25) is 0 Å². The molecular weight excluding hydrogens is 414 g/mol. The van der Waals surface area contributed by atoms with Crippen molar-refractivity contribution in [3.05, 3.63) is 81.3 Å². The maximum Gasteiger partial charge on any atom is 0.160 e. The first kappa shape index (κ1) is 17.4. The zero-order chi connectivity index (χ0) is 18.3. The van der Waals surface area contributed by atoms with E-state index >= 15 is 0 Å². The van der Waals surface area contributed by atoms with Crippen molar-refractivity contribution < 1.29 is 0 Å². The third-order valence-electron chi connectivity index (χ3n) is 3.86. The Morgan fingerprint density at radius 1 is 0.615 bits per heavy atom. The van der Waals surface area contributed by atoms with Gasteiger partial charge in [-0.05, 0) is 24.3 Å². The van der Waals surface area contributed by atoms with Crippen LogP contribution in [0.5, 0.6) is 0 Å². The van der Waals surface area contributed by atoms with Crippen LogP contribution in [0.2, 0.25) is 20.1 Å². The average molecular weight is 424 g/mol. The molecule has 2 heterocycles. The topological polar surface area (TPSA) is 35.6 Å². The van der Waals surface area contributed by atoms with E-state index in [1.54, 1.807) is 36.9 Å². The molecule has 0 spiro atoms. The zero-order valence-corrected chi connectivity index (χ0v) is 16.1. The first-order valence-corrected chi connectivity index (χ1v) is 9.05. The van der Waals surface area contributed by atoms with E-state index in [1.807, 2.05) is 33.6 Å². The molecule has 2 aromatic carbocycles. The van der Waals surface area contributed by atoms with Crippen LogP contribution >= 0.6 is 46.4 Å². The maximum atomic E-state index is 6.37. The predicted molar refractivity (Wildman–Crippen MR) is 106 cm³/mol. The molecule has 0 aliphatic rings. The summed E-state index contributed by atoms with van der Waals surface area (Å²) in [5, 5.41) is 1.79. The summed E-state index contributed by atoms with van der Waals surface area (Å²) in [4.78, 5) is 8.86. The van der Waals surface area contributed by atoms with Crippen molar-refractivity contribution in [2.45, 2.75) is 0 Å². The molecule has 0 saturated carbocycles. The quantitative estimate of drug-likeness (QED) is 0.385. The average Bonchev–Trinajstić information content (AvgIpc) is 3.28. The first-order valence-electron chi connectivity index (χ1n) is 7.54. The highest BCUT2D eigenvalue weighted by Crippen LogP contribution is 2.35. The molecule has 130 valence electrons. The van der Waals surface area contributed by atoms with Crippen molar-refractivity contribution in [3.63, 3.8) is 0 Å². The van der Waals surface area contributed by atoms with Crippen molar-refractivity contribution in [1.82, 2.24) is 19.3 Å². The second kappa shape index (κ2) is 6.97. The van der Waals surface area contributed by atoms with Crippen molar-refractivity contribution >= 4 is 46.4 Å². The van der Waals surface area contributed by atoms with Gasteiger partial charge >= 0.3 is 0 Å². The summed E-state index contributed by atoms with van der Waals surface area (Å²) in [6.07, 6.45) is 6.96. The Morgan fingerprint density at radius 2 is 1.04 bits per heavy atom. The van der Waals surface area contributed by atoms with Gasteiger partial charge in [0, 0.05) is 35.9 Å². The van der Waals surface area contributed by atoms with Crippen LogP contribution in [-0.2, 0) is 0 Å². The Kier molecular flexibility index (Phi) is 4.67. The van der Waals surface area contributed by atoms with Crippen LogP contribution in [0.1, 0.15) is 0 Å². The Hall–Kier alpha value is -1.98. The highest BCUT2D eigenvalue weighted by Gasteiger charge is 2.17. The molecule has 0 unspecified atom stereocenters. The summed E-state index contributed by atoms with van der Waals surface area (Å²) >= 11 is 25.1. The number of rotatable bonds is 3. The molecule has 0 radical (unpaired) electrons. The van der Waals surface area contributed by atoms with Gasteiger partial charge in [-0.2, -0.15) is 0 Å². The van der Waals surface area contributed by atoms with E-state index < -0.39 is 0 Å². The molecule has 0 atom stereocenters. The number of benzene rings is 2. The van der Waals surface area contributed by atoms with Gasteiger partial charge in [0.25, 0.3) is 0 Å². The minimum Gasteiger partial charge on any atom is -0.235 e. The van der Waals surface area contributed by atoms with Gasteiger partial charge in [0.1, 0.15) is 0 Å². The van der Waals surface area contributed by atoms with Crippen LogP contribution in [-0.4, -0.2) is 19.3 Å². The molecule has 0 bridgehead atoms. The second-order valence-corrected chi connectivity index (χ2v) is 6.96. The smallest absolute Gasteiger partial charge is 0.160 e. The fourth-order valence-electron chi connectivity index (χ4n) is 2.68. The van der Waals surface area contributed by atoms with E-state index in [1.165, 1.54) is 0 Å². The predicted octanol–water partition coefficient (Wildman–Crippen LogP) is 6.34. The molecule has 0 N–H and O–H groups in total. The summed E-state index contributed by atoms with van der Waals surface area (Å²) in [5.74, 6) is 1.24. The van der Waals surface area contributed by atoms with Gasteiger partial charge in [0.15, 0.2) is 11.6 Å². The summed E-state index contributed by atoms with van der Waals surface area (Å²) < 4.78 is 3.63. The molecule has 0 aliphatic carbocycles. The second-order valence-electron chi connectivity index (χ2n) is 5.39. The van der Waals surface area contributed by atoms with Crippen LogP contribution in [0.15, 0.2) is 61.2 Å². The van der Waals surface area contributed by atoms with Crippen molar-refractivity contribution in [2.75, 3.05) is 0 Å².